The molecule has 29 heavy (non-hydrogen) atoms. The molecule has 1 unspecified atom stereocenters. The molecule has 0 amide bonds. The van der Waals surface area contributed by atoms with Gasteiger partial charge in [-0.2, -0.15) is 5.10 Å². The molecule has 0 radical (unpaired) electrons. The number of anilines is 1. The van der Waals surface area contributed by atoms with Crippen molar-refractivity contribution in [2.24, 2.45) is 0 Å². The van der Waals surface area contributed by atoms with Crippen molar-refractivity contribution >= 4 is 16.6 Å². The van der Waals surface area contributed by atoms with Crippen LogP contribution < -0.4 is 15.6 Å². The first kappa shape index (κ1) is 18.7. The van der Waals surface area contributed by atoms with Crippen molar-refractivity contribution in [2.45, 2.75) is 19.3 Å². The highest BCUT2D eigenvalue weighted by molar-refractivity contribution is 5.90. The second kappa shape index (κ2) is 8.61. The molecule has 1 aromatic heterocycles. The summed E-state index contributed by atoms with van der Waals surface area (Å²) in [6, 6.07) is 25.5. The average Bonchev–Trinajstić information content (AvgIpc) is 2.77. The standard InChI is InChI=1S/C24H23N3O2/c1-17(18-11-13-20(14-12-18)29-19-7-3-2-4-8-19)15-16-25-23-21-9-5-6-10-22(21)24(28)27-26-23/h2-14,17H,15-16H2,1H3,(H,25,26)(H,27,28). The maximum absolute atomic E-state index is 11.9. The number of fused-ring (bicyclic) bond motifs is 1. The largest absolute Gasteiger partial charge is 0.457 e. The lowest BCUT2D eigenvalue weighted by atomic mass is 9.98. The number of ether oxygens (including phenoxy) is 1. The Morgan fingerprint density at radius 1 is 0.897 bits per heavy atom. The number of aromatic amines is 1. The Morgan fingerprint density at radius 3 is 2.31 bits per heavy atom. The molecule has 0 saturated carbocycles. The molecule has 0 fully saturated rings. The molecular formula is C24H23N3O2. The van der Waals surface area contributed by atoms with Crippen LogP contribution in [-0.2, 0) is 0 Å². The van der Waals surface area contributed by atoms with Crippen molar-refractivity contribution < 1.29 is 4.74 Å². The van der Waals surface area contributed by atoms with Gasteiger partial charge in [-0.3, -0.25) is 4.79 Å². The first-order valence-corrected chi connectivity index (χ1v) is 9.75. The van der Waals surface area contributed by atoms with E-state index >= 15 is 0 Å². The van der Waals surface area contributed by atoms with Crippen molar-refractivity contribution in [3.05, 3.63) is 94.8 Å². The molecule has 1 atom stereocenters. The second-order valence-electron chi connectivity index (χ2n) is 7.05. The summed E-state index contributed by atoms with van der Waals surface area (Å²) < 4.78 is 5.85. The zero-order valence-electron chi connectivity index (χ0n) is 16.3. The SMILES string of the molecule is CC(CCNc1n[nH]c(=O)c2ccccc12)c1ccc(Oc2ccccc2)cc1. The molecule has 1 heterocycles. The molecule has 146 valence electrons. The van der Waals surface area contributed by atoms with E-state index in [1.165, 1.54) is 5.56 Å². The van der Waals surface area contributed by atoms with Crippen LogP contribution in [0, 0.1) is 0 Å². The van der Waals surface area contributed by atoms with Crippen molar-refractivity contribution in [1.82, 2.24) is 10.2 Å². The first-order valence-electron chi connectivity index (χ1n) is 9.75. The highest BCUT2D eigenvalue weighted by Gasteiger charge is 2.09. The predicted octanol–water partition coefficient (Wildman–Crippen LogP) is 5.32. The second-order valence-corrected chi connectivity index (χ2v) is 7.05. The molecule has 0 aliphatic carbocycles. The van der Waals surface area contributed by atoms with Crippen molar-refractivity contribution in [3.63, 3.8) is 0 Å². The minimum absolute atomic E-state index is 0.169. The van der Waals surface area contributed by atoms with Gasteiger partial charge in [-0.15, -0.1) is 0 Å². The molecule has 0 aliphatic heterocycles. The third-order valence-corrected chi connectivity index (χ3v) is 4.99. The van der Waals surface area contributed by atoms with Gasteiger partial charge in [0.2, 0.25) is 0 Å². The van der Waals surface area contributed by atoms with Gasteiger partial charge < -0.3 is 10.1 Å². The maximum atomic E-state index is 11.9. The fraction of sp³-hybridized carbons (Fsp3) is 0.167. The number of hydrogen-bond donors (Lipinski definition) is 2. The average molecular weight is 385 g/mol. The minimum Gasteiger partial charge on any atom is -0.457 e. The third-order valence-electron chi connectivity index (χ3n) is 4.99. The van der Waals surface area contributed by atoms with Gasteiger partial charge in [0.25, 0.3) is 5.56 Å². The molecule has 0 spiro atoms. The summed E-state index contributed by atoms with van der Waals surface area (Å²) in [5.41, 5.74) is 1.09. The van der Waals surface area contributed by atoms with E-state index in [1.54, 1.807) is 0 Å². The number of aromatic nitrogens is 2. The van der Waals surface area contributed by atoms with E-state index in [9.17, 15) is 4.79 Å². The van der Waals surface area contributed by atoms with E-state index < -0.39 is 0 Å². The summed E-state index contributed by atoms with van der Waals surface area (Å²) in [6.07, 6.45) is 0.939. The Bertz CT molecular complexity index is 1140. The lowest BCUT2D eigenvalue weighted by molar-refractivity contribution is 0.482. The molecule has 0 aliphatic rings. The summed E-state index contributed by atoms with van der Waals surface area (Å²) in [5.74, 6) is 2.74. The van der Waals surface area contributed by atoms with Gasteiger partial charge in [0.1, 0.15) is 11.5 Å². The van der Waals surface area contributed by atoms with Crippen LogP contribution in [0.25, 0.3) is 10.8 Å². The van der Waals surface area contributed by atoms with E-state index in [2.05, 4.69) is 34.6 Å². The number of nitrogens with one attached hydrogen (secondary N) is 2. The fourth-order valence-electron chi connectivity index (χ4n) is 3.31. The monoisotopic (exact) mass is 385 g/mol. The Kier molecular flexibility index (Phi) is 5.56. The lowest BCUT2D eigenvalue weighted by Crippen LogP contribution is -2.13. The van der Waals surface area contributed by atoms with Gasteiger partial charge in [0, 0.05) is 11.9 Å². The van der Waals surface area contributed by atoms with Crippen LogP contribution in [0.5, 0.6) is 11.5 Å². The molecular weight excluding hydrogens is 362 g/mol. The summed E-state index contributed by atoms with van der Waals surface area (Å²) in [7, 11) is 0. The number of benzene rings is 3. The van der Waals surface area contributed by atoms with Crippen LogP contribution in [0.2, 0.25) is 0 Å². The van der Waals surface area contributed by atoms with Crippen LogP contribution in [0.3, 0.4) is 0 Å². The molecule has 3 aromatic carbocycles. The Morgan fingerprint density at radius 2 is 1.55 bits per heavy atom. The van der Waals surface area contributed by atoms with Crippen LogP contribution in [-0.4, -0.2) is 16.7 Å². The summed E-state index contributed by atoms with van der Waals surface area (Å²) in [6.45, 7) is 2.96. The lowest BCUT2D eigenvalue weighted by Gasteiger charge is -2.14. The van der Waals surface area contributed by atoms with Crippen molar-refractivity contribution in [1.29, 1.82) is 0 Å². The zero-order chi connectivity index (χ0) is 20.1. The van der Waals surface area contributed by atoms with E-state index in [0.29, 0.717) is 17.1 Å². The highest BCUT2D eigenvalue weighted by atomic mass is 16.5. The summed E-state index contributed by atoms with van der Waals surface area (Å²) in [5, 5.41) is 11.6. The molecule has 4 aromatic rings. The van der Waals surface area contributed by atoms with Gasteiger partial charge >= 0.3 is 0 Å². The van der Waals surface area contributed by atoms with Crippen LogP contribution in [0.1, 0.15) is 24.8 Å². The van der Waals surface area contributed by atoms with Crippen LogP contribution in [0.15, 0.2) is 83.7 Å². The minimum atomic E-state index is -0.169. The van der Waals surface area contributed by atoms with Gasteiger partial charge in [0.05, 0.1) is 5.39 Å². The first-order chi connectivity index (χ1) is 14.2. The Balaban J connectivity index is 1.36. The van der Waals surface area contributed by atoms with Gasteiger partial charge in [-0.1, -0.05) is 55.5 Å². The zero-order valence-corrected chi connectivity index (χ0v) is 16.3. The van der Waals surface area contributed by atoms with E-state index in [-0.39, 0.29) is 5.56 Å². The quantitative estimate of drug-likeness (QED) is 0.452. The number of para-hydroxylation sites is 1. The van der Waals surface area contributed by atoms with Crippen LogP contribution >= 0.6 is 0 Å². The molecule has 5 heteroatoms. The third kappa shape index (κ3) is 4.46. The summed E-state index contributed by atoms with van der Waals surface area (Å²) in [4.78, 5) is 11.9. The van der Waals surface area contributed by atoms with E-state index in [4.69, 9.17) is 4.74 Å². The Labute approximate surface area is 169 Å². The van der Waals surface area contributed by atoms with Crippen LogP contribution in [0.4, 0.5) is 5.82 Å². The van der Waals surface area contributed by atoms with Gasteiger partial charge in [-0.05, 0) is 48.2 Å². The molecule has 0 saturated heterocycles. The number of nitrogens with zero attached hydrogens (tertiary/aromatic N) is 1. The topological polar surface area (TPSA) is 67.0 Å². The van der Waals surface area contributed by atoms with Gasteiger partial charge in [0.15, 0.2) is 5.82 Å². The van der Waals surface area contributed by atoms with Crippen molar-refractivity contribution in [2.75, 3.05) is 11.9 Å². The molecule has 5 nitrogen and oxygen atoms in total. The molecule has 4 rings (SSSR count). The highest BCUT2D eigenvalue weighted by Crippen LogP contribution is 2.25. The number of rotatable bonds is 7. The van der Waals surface area contributed by atoms with Gasteiger partial charge in [-0.25, -0.2) is 5.10 Å². The number of hydrogen-bond acceptors (Lipinski definition) is 4. The van der Waals surface area contributed by atoms with E-state index in [0.717, 1.165) is 29.9 Å². The summed E-state index contributed by atoms with van der Waals surface area (Å²) >= 11 is 0. The predicted molar refractivity (Wildman–Crippen MR) is 117 cm³/mol. The smallest absolute Gasteiger partial charge is 0.272 e. The maximum Gasteiger partial charge on any atom is 0.272 e. The normalized spacial score (nSPS) is 11.9. The molecule has 0 bridgehead atoms. The molecule has 2 N–H and O–H groups in total. The Hall–Kier alpha value is -3.60. The number of H-pyrrole nitrogens is 1. The van der Waals surface area contributed by atoms with E-state index in [1.807, 2.05) is 66.7 Å². The fourth-order valence-corrected chi connectivity index (χ4v) is 3.31. The van der Waals surface area contributed by atoms with Crippen molar-refractivity contribution in [3.8, 4) is 11.5 Å².